The summed E-state index contributed by atoms with van der Waals surface area (Å²) in [7, 11) is 0. The molecule has 0 aliphatic carbocycles. The summed E-state index contributed by atoms with van der Waals surface area (Å²) in [6.45, 7) is 1.72. The van der Waals surface area contributed by atoms with Crippen molar-refractivity contribution in [1.82, 2.24) is 9.55 Å². The molecule has 0 amide bonds. The van der Waals surface area contributed by atoms with Crippen molar-refractivity contribution in [2.45, 2.75) is 6.92 Å². The van der Waals surface area contributed by atoms with Gasteiger partial charge in [-0.25, -0.2) is 9.78 Å². The number of nitrogens with zero attached hydrogens (tertiary/aromatic N) is 2. The van der Waals surface area contributed by atoms with Crippen molar-refractivity contribution in [3.63, 3.8) is 0 Å². The molecular weight excluding hydrogens is 248 g/mol. The minimum absolute atomic E-state index is 0.294. The standard InChI is InChI=1S/C13H10N2O2S/c1-8-11(12(16)17)18-13(14-8)15-7-6-9-4-2-3-5-10(9)15/h2-7H,1H3,(H,16,17). The van der Waals surface area contributed by atoms with Crippen molar-refractivity contribution >= 4 is 28.2 Å². The molecule has 0 saturated heterocycles. The molecular formula is C13H10N2O2S. The third-order valence-electron chi connectivity index (χ3n) is 2.79. The Balaban J connectivity index is 2.20. The number of aromatic carboxylic acids is 1. The van der Waals surface area contributed by atoms with Crippen LogP contribution in [0.25, 0.3) is 16.0 Å². The number of thiazole rings is 1. The van der Waals surface area contributed by atoms with Crippen molar-refractivity contribution in [2.24, 2.45) is 0 Å². The van der Waals surface area contributed by atoms with Crippen molar-refractivity contribution in [3.05, 3.63) is 47.1 Å². The molecule has 4 nitrogen and oxygen atoms in total. The van der Waals surface area contributed by atoms with E-state index >= 15 is 0 Å². The maximum Gasteiger partial charge on any atom is 0.347 e. The second kappa shape index (κ2) is 3.96. The highest BCUT2D eigenvalue weighted by Gasteiger charge is 2.15. The number of carbonyl (C=O) groups is 1. The van der Waals surface area contributed by atoms with Gasteiger partial charge in [-0.3, -0.25) is 4.57 Å². The summed E-state index contributed by atoms with van der Waals surface area (Å²) in [5, 5.41) is 10.9. The highest BCUT2D eigenvalue weighted by atomic mass is 32.1. The van der Waals surface area contributed by atoms with Crippen LogP contribution in [-0.2, 0) is 0 Å². The quantitative estimate of drug-likeness (QED) is 0.768. The number of benzene rings is 1. The van der Waals surface area contributed by atoms with Crippen molar-refractivity contribution < 1.29 is 9.90 Å². The summed E-state index contributed by atoms with van der Waals surface area (Å²) in [5.74, 6) is -0.923. The third kappa shape index (κ3) is 1.60. The highest BCUT2D eigenvalue weighted by molar-refractivity contribution is 7.16. The van der Waals surface area contributed by atoms with Gasteiger partial charge < -0.3 is 5.11 Å². The van der Waals surface area contributed by atoms with Crippen LogP contribution in [0, 0.1) is 6.92 Å². The van der Waals surface area contributed by atoms with Crippen LogP contribution in [0.3, 0.4) is 0 Å². The number of carboxylic acids is 1. The molecule has 2 aromatic heterocycles. The lowest BCUT2D eigenvalue weighted by Gasteiger charge is -1.99. The Bertz CT molecular complexity index is 742. The van der Waals surface area contributed by atoms with Crippen LogP contribution in [0.4, 0.5) is 0 Å². The van der Waals surface area contributed by atoms with E-state index < -0.39 is 5.97 Å². The van der Waals surface area contributed by atoms with Gasteiger partial charge in [-0.1, -0.05) is 29.5 Å². The fourth-order valence-corrected chi connectivity index (χ4v) is 2.84. The Kier molecular flexibility index (Phi) is 2.41. The maximum absolute atomic E-state index is 11.0. The Morgan fingerprint density at radius 2 is 2.11 bits per heavy atom. The maximum atomic E-state index is 11.0. The van der Waals surface area contributed by atoms with E-state index in [1.54, 1.807) is 6.92 Å². The minimum Gasteiger partial charge on any atom is -0.477 e. The molecule has 90 valence electrons. The molecule has 3 rings (SSSR count). The van der Waals surface area contributed by atoms with Gasteiger partial charge in [0.2, 0.25) is 0 Å². The molecule has 0 radical (unpaired) electrons. The average Bonchev–Trinajstić information content (AvgIpc) is 2.92. The largest absolute Gasteiger partial charge is 0.477 e. The first-order valence-corrected chi connectivity index (χ1v) is 6.25. The Morgan fingerprint density at radius 1 is 1.33 bits per heavy atom. The second-order valence-electron chi connectivity index (χ2n) is 3.96. The average molecular weight is 258 g/mol. The normalized spacial score (nSPS) is 10.9. The van der Waals surface area contributed by atoms with Crippen LogP contribution in [0.2, 0.25) is 0 Å². The number of rotatable bonds is 2. The second-order valence-corrected chi connectivity index (χ2v) is 4.94. The van der Waals surface area contributed by atoms with E-state index in [4.69, 9.17) is 5.11 Å². The highest BCUT2D eigenvalue weighted by Crippen LogP contribution is 2.26. The monoisotopic (exact) mass is 258 g/mol. The van der Waals surface area contributed by atoms with Crippen LogP contribution >= 0.6 is 11.3 Å². The molecule has 1 aromatic carbocycles. The first-order valence-electron chi connectivity index (χ1n) is 5.44. The van der Waals surface area contributed by atoms with Crippen LogP contribution < -0.4 is 0 Å². The molecule has 5 heteroatoms. The predicted molar refractivity (Wildman–Crippen MR) is 70.6 cm³/mol. The predicted octanol–water partition coefficient (Wildman–Crippen LogP) is 3.09. The lowest BCUT2D eigenvalue weighted by Crippen LogP contribution is -1.94. The molecule has 0 aliphatic rings. The lowest BCUT2D eigenvalue weighted by molar-refractivity contribution is 0.0701. The fraction of sp³-hybridized carbons (Fsp3) is 0.0769. The van der Waals surface area contributed by atoms with E-state index in [1.165, 1.54) is 11.3 Å². The summed E-state index contributed by atoms with van der Waals surface area (Å²) in [5.41, 5.74) is 1.59. The van der Waals surface area contributed by atoms with E-state index in [1.807, 2.05) is 41.1 Å². The van der Waals surface area contributed by atoms with Crippen LogP contribution in [0.1, 0.15) is 15.4 Å². The molecule has 0 atom stereocenters. The van der Waals surface area contributed by atoms with Gasteiger partial charge in [0.15, 0.2) is 5.13 Å². The number of para-hydroxylation sites is 1. The molecule has 0 fully saturated rings. The zero-order valence-electron chi connectivity index (χ0n) is 9.62. The Labute approximate surface area is 107 Å². The van der Waals surface area contributed by atoms with Gasteiger partial charge >= 0.3 is 5.97 Å². The van der Waals surface area contributed by atoms with Crippen LogP contribution in [0.5, 0.6) is 0 Å². The van der Waals surface area contributed by atoms with Crippen LogP contribution in [0.15, 0.2) is 36.5 Å². The molecule has 0 aliphatic heterocycles. The van der Waals surface area contributed by atoms with Crippen molar-refractivity contribution in [2.75, 3.05) is 0 Å². The van der Waals surface area contributed by atoms with Gasteiger partial charge in [0.05, 0.1) is 11.2 Å². The smallest absolute Gasteiger partial charge is 0.347 e. The first kappa shape index (κ1) is 11.0. The summed E-state index contributed by atoms with van der Waals surface area (Å²) in [4.78, 5) is 15.6. The number of aryl methyl sites for hydroxylation is 1. The topological polar surface area (TPSA) is 55.1 Å². The number of hydrogen-bond acceptors (Lipinski definition) is 3. The number of hydrogen-bond donors (Lipinski definition) is 1. The molecule has 0 bridgehead atoms. The lowest BCUT2D eigenvalue weighted by atomic mass is 10.2. The minimum atomic E-state index is -0.923. The molecule has 18 heavy (non-hydrogen) atoms. The molecule has 3 aromatic rings. The van der Waals surface area contributed by atoms with Crippen molar-refractivity contribution in [1.29, 1.82) is 0 Å². The van der Waals surface area contributed by atoms with Gasteiger partial charge in [-0.2, -0.15) is 0 Å². The fourth-order valence-electron chi connectivity index (χ4n) is 1.93. The van der Waals surface area contributed by atoms with Crippen molar-refractivity contribution in [3.8, 4) is 5.13 Å². The molecule has 1 N–H and O–H groups in total. The van der Waals surface area contributed by atoms with Gasteiger partial charge in [0.25, 0.3) is 0 Å². The number of carboxylic acid groups (broad SMARTS) is 1. The Hall–Kier alpha value is -2.14. The van der Waals surface area contributed by atoms with E-state index in [0.29, 0.717) is 15.7 Å². The summed E-state index contributed by atoms with van der Waals surface area (Å²) in [6.07, 6.45) is 1.91. The molecule has 0 saturated carbocycles. The summed E-state index contributed by atoms with van der Waals surface area (Å²) in [6, 6.07) is 9.93. The summed E-state index contributed by atoms with van der Waals surface area (Å²) < 4.78 is 1.92. The number of aromatic nitrogens is 2. The van der Waals surface area contributed by atoms with E-state index in [0.717, 1.165) is 10.9 Å². The van der Waals surface area contributed by atoms with E-state index in [-0.39, 0.29) is 0 Å². The van der Waals surface area contributed by atoms with Gasteiger partial charge in [-0.15, -0.1) is 0 Å². The van der Waals surface area contributed by atoms with E-state index in [9.17, 15) is 4.79 Å². The Morgan fingerprint density at radius 3 is 2.83 bits per heavy atom. The molecule has 0 unspecified atom stereocenters. The van der Waals surface area contributed by atoms with E-state index in [2.05, 4.69) is 4.98 Å². The molecule has 0 spiro atoms. The van der Waals surface area contributed by atoms with Gasteiger partial charge in [-0.05, 0) is 19.1 Å². The zero-order chi connectivity index (χ0) is 12.7. The zero-order valence-corrected chi connectivity index (χ0v) is 10.4. The molecule has 2 heterocycles. The first-order chi connectivity index (χ1) is 8.66. The summed E-state index contributed by atoms with van der Waals surface area (Å²) >= 11 is 1.19. The third-order valence-corrected chi connectivity index (χ3v) is 3.93. The van der Waals surface area contributed by atoms with Crippen LogP contribution in [-0.4, -0.2) is 20.6 Å². The number of fused-ring (bicyclic) bond motifs is 1. The SMILES string of the molecule is Cc1nc(-n2ccc3ccccc32)sc1C(=O)O. The van der Waals surface area contributed by atoms with Gasteiger partial charge in [0.1, 0.15) is 4.88 Å². The van der Waals surface area contributed by atoms with Gasteiger partial charge in [0, 0.05) is 11.6 Å².